The van der Waals surface area contributed by atoms with Crippen molar-refractivity contribution in [3.63, 3.8) is 0 Å². The van der Waals surface area contributed by atoms with Gasteiger partial charge in [0.1, 0.15) is 20.7 Å². The highest BCUT2D eigenvalue weighted by molar-refractivity contribution is 9.11. The predicted molar refractivity (Wildman–Crippen MR) is 487 cm³/mol. The molecule has 116 heavy (non-hydrogen) atoms. The molecule has 13 aromatic rings. The quantitative estimate of drug-likeness (QED) is 0.0488. The van der Waals surface area contributed by atoms with Crippen LogP contribution in [0, 0.1) is 7.43 Å². The lowest BCUT2D eigenvalue weighted by Gasteiger charge is -2.18. The average molecular weight is 1940 g/mol. The number of para-hydroxylation sites is 6. The summed E-state index contributed by atoms with van der Waals surface area (Å²) in [7, 11) is 2.65. The third-order valence-corrected chi connectivity index (χ3v) is 21.2. The van der Waals surface area contributed by atoms with Crippen LogP contribution in [0.1, 0.15) is 95.5 Å². The Morgan fingerprint density at radius 2 is 0.690 bits per heavy atom. The number of esters is 2. The molecule has 0 unspecified atom stereocenters. The first kappa shape index (κ1) is 85.7. The van der Waals surface area contributed by atoms with Gasteiger partial charge in [0.15, 0.2) is 0 Å². The van der Waals surface area contributed by atoms with Gasteiger partial charge in [0, 0.05) is 78.9 Å². The van der Waals surface area contributed by atoms with Crippen molar-refractivity contribution < 1.29 is 38.2 Å². The van der Waals surface area contributed by atoms with Crippen LogP contribution in [-0.4, -0.2) is 75.5 Å². The number of H-pyrrole nitrogens is 1. The van der Waals surface area contributed by atoms with Gasteiger partial charge >= 0.3 is 11.9 Å². The number of anilines is 6. The van der Waals surface area contributed by atoms with E-state index in [0.29, 0.717) is 99.6 Å². The lowest BCUT2D eigenvalue weighted by molar-refractivity contribution is 0.0593. The Morgan fingerprint density at radius 3 is 1.16 bits per heavy atom. The Labute approximate surface area is 728 Å². The smallest absolute Gasteiger partial charge is 0.339 e. The monoisotopic (exact) mass is 1940 g/mol. The summed E-state index contributed by atoms with van der Waals surface area (Å²) in [6.45, 7) is 0. The van der Waals surface area contributed by atoms with E-state index in [1.807, 2.05) is 84.9 Å². The number of methoxy groups -OCH3 is 2. The number of aromatic amines is 1. The summed E-state index contributed by atoms with van der Waals surface area (Å²) in [5.74, 6) is -1.78. The molecule has 0 fully saturated rings. The molecule has 9 N–H and O–H groups in total. The number of aromatic nitrogens is 1. The number of hydrogen-bond acceptors (Lipinski definition) is 14. The number of aliphatic imine (C=N–C) groups is 4. The van der Waals surface area contributed by atoms with Gasteiger partial charge in [-0.05, 0) is 169 Å². The molecule has 4 amide bonds. The molecule has 18 rings (SSSR count). The van der Waals surface area contributed by atoms with E-state index in [9.17, 15) is 28.8 Å². The second-order valence-electron chi connectivity index (χ2n) is 24.9. The first-order chi connectivity index (χ1) is 55.4. The molecule has 582 valence electrons. The lowest BCUT2D eigenvalue weighted by Crippen LogP contribution is -2.24. The van der Waals surface area contributed by atoms with E-state index in [2.05, 4.69) is 184 Å². The van der Waals surface area contributed by atoms with Gasteiger partial charge in [-0.2, -0.15) is 0 Å². The maximum atomic E-state index is 12.3. The highest BCUT2D eigenvalue weighted by Crippen LogP contribution is 2.41. The van der Waals surface area contributed by atoms with Gasteiger partial charge in [-0.15, -0.1) is 0 Å². The molecular weight excluding hydrogens is 1880 g/mol. The van der Waals surface area contributed by atoms with Crippen molar-refractivity contribution in [2.45, 2.75) is 6.42 Å². The summed E-state index contributed by atoms with van der Waals surface area (Å²) in [5, 5.41) is 14.0. The molecule has 1 aliphatic carbocycles. The molecule has 28 heteroatoms. The van der Waals surface area contributed by atoms with E-state index in [1.54, 1.807) is 127 Å². The highest BCUT2D eigenvalue weighted by atomic mass is 79.9. The summed E-state index contributed by atoms with van der Waals surface area (Å²) >= 11 is 41.8. The first-order valence-corrected chi connectivity index (χ1v) is 39.9. The number of hydrogen-bond donors (Lipinski definition) is 7. The second-order valence-corrected chi connectivity index (χ2v) is 30.9. The lowest BCUT2D eigenvalue weighted by atomic mass is 10.1. The Kier molecular flexibility index (Phi) is 29.2. The molecule has 0 atom stereocenters. The molecule has 5 heterocycles. The third kappa shape index (κ3) is 20.7. The van der Waals surface area contributed by atoms with Crippen LogP contribution in [0.3, 0.4) is 0 Å². The fraction of sp³-hybridized carbons (Fsp3) is 0.0341. The minimum absolute atomic E-state index is 0. The largest absolute Gasteiger partial charge is 0.465 e. The summed E-state index contributed by atoms with van der Waals surface area (Å²) < 4.78 is 13.3. The van der Waals surface area contributed by atoms with Crippen molar-refractivity contribution in [2.75, 3.05) is 47.0 Å². The minimum Gasteiger partial charge on any atom is -0.465 e. The second kappa shape index (κ2) is 39.5. The van der Waals surface area contributed by atoms with E-state index in [0.717, 1.165) is 62.4 Å². The number of fused-ring (bicyclic) bond motifs is 13. The number of carbonyl (C=O) groups excluding carboxylic acids is 6. The summed E-state index contributed by atoms with van der Waals surface area (Å²) in [6.07, 6.45) is 1.06. The number of halogens is 9. The molecule has 1 aromatic heterocycles. The normalized spacial score (nSPS) is 12.5. The zero-order valence-electron chi connectivity index (χ0n) is 61.1. The fourth-order valence-electron chi connectivity index (χ4n) is 12.0. The molecule has 0 spiro atoms. The highest BCUT2D eigenvalue weighted by Gasteiger charge is 2.26. The molecule has 0 bridgehead atoms. The molecule has 19 nitrogen and oxygen atoms in total. The third-order valence-electron chi connectivity index (χ3n) is 17.5. The van der Waals surface area contributed by atoms with E-state index < -0.39 is 11.9 Å². The van der Waals surface area contributed by atoms with Crippen molar-refractivity contribution in [1.29, 1.82) is 0 Å². The van der Waals surface area contributed by atoms with E-state index >= 15 is 0 Å². The standard InChI is InChI=1S/C15H11N.C14H6Br2Cl2N2.C14H8Br2N2O2.C14H8Cl2N2.C14H10N2O2.C8H8BrNO2.C8H9NO2.CH3/c1-2-6-11-10(5-1)9-13-12-7-3-4-8-14(12)16-15(11)13;15-7-1-3-9-11(5-7)19-14(18)10-4-2-8(16)6-12(10)20-13(9)17;15-7-1-3-9-11(5-7)17-14(20)10-4-2-8(16)6-12(10)18-13(9)19;15-13-9-5-1-3-7-11(9)17-14(16)10-6-2-4-8-12(10)18-13;17-13-9-5-1-3-7-11(9)15-14(18)10-6-2-4-8-12(10)16-13;1-12-8(11)6-3-2-5(9)4-7(6)10;1-11-8(10)6-4-2-3-5-7(6)9;/h1-8,16H,9H2;1-6H;1-6H,(H,17,20)(H,18,19);1-8H;1-8H,(H,15,18)(H,16,17);2-4H,10H2,1H3;2-5H,9H2,1H3;1H3/q;;;;;;;-1. The van der Waals surface area contributed by atoms with Crippen LogP contribution in [0.4, 0.5) is 56.9 Å². The van der Waals surface area contributed by atoms with E-state index in [1.165, 1.54) is 47.5 Å². The Hall–Kier alpha value is -11.2. The topological polar surface area (TPSA) is 286 Å². The summed E-state index contributed by atoms with van der Waals surface area (Å²) in [6, 6.07) is 79.4. The Balaban J connectivity index is 0.000000134. The van der Waals surface area contributed by atoms with Gasteiger partial charge in [-0.25, -0.2) is 29.6 Å². The van der Waals surface area contributed by atoms with Gasteiger partial charge in [0.05, 0.1) is 98.8 Å². The Morgan fingerprint density at radius 1 is 0.353 bits per heavy atom. The zero-order chi connectivity index (χ0) is 81.6. The SMILES string of the molecule is COC(=O)c1ccc(Br)cc1N.COC(=O)c1ccccc1N.ClC1=Nc2cc(Br)ccc2C(Cl)=Nc2cc(Br)ccc21.ClC1=Nc2ccccc2C(Cl)=Nc2ccccc21.O=C1Nc2cc(Br)ccc2C(=O)Nc2cc(Br)ccc21.O=C1Nc2ccccc2C(=O)Nc2ccccc21.[CH3-].c1ccc2c(c1)Cc1c-2[nH]c2ccccc12. The van der Waals surface area contributed by atoms with Gasteiger partial charge in [-0.3, -0.25) is 19.2 Å². The van der Waals surface area contributed by atoms with Crippen molar-refractivity contribution in [1.82, 2.24) is 4.98 Å². The van der Waals surface area contributed by atoms with Gasteiger partial charge < -0.3 is 54.6 Å². The fourth-order valence-corrected chi connectivity index (χ4v) is 14.8. The number of rotatable bonds is 2. The van der Waals surface area contributed by atoms with Crippen LogP contribution in [-0.2, 0) is 15.9 Å². The van der Waals surface area contributed by atoms with Crippen LogP contribution < -0.4 is 32.7 Å². The van der Waals surface area contributed by atoms with Crippen LogP contribution in [0.5, 0.6) is 0 Å². The van der Waals surface area contributed by atoms with Crippen LogP contribution >= 0.6 is 126 Å². The molecule has 5 aliphatic rings. The van der Waals surface area contributed by atoms with Crippen LogP contribution in [0.2, 0.25) is 0 Å². The van der Waals surface area contributed by atoms with Crippen molar-refractivity contribution in [3.8, 4) is 11.3 Å². The average Bonchev–Trinajstić information content (AvgIpc) is 1.57. The first-order valence-electron chi connectivity index (χ1n) is 34.5. The van der Waals surface area contributed by atoms with E-state index in [4.69, 9.17) is 57.9 Å². The van der Waals surface area contributed by atoms with Gasteiger partial charge in [0.2, 0.25) is 0 Å². The van der Waals surface area contributed by atoms with Crippen molar-refractivity contribution in [2.24, 2.45) is 20.0 Å². The number of nitrogen functional groups attached to an aromatic ring is 2. The van der Waals surface area contributed by atoms with Crippen LogP contribution in [0.15, 0.2) is 303 Å². The number of carbonyl (C=O) groups is 6. The summed E-state index contributed by atoms with van der Waals surface area (Å²) in [4.78, 5) is 91.9. The van der Waals surface area contributed by atoms with Crippen LogP contribution in [0.25, 0.3) is 22.2 Å². The molecular formula is C88H63Br5Cl4N11O8-. The van der Waals surface area contributed by atoms with Crippen molar-refractivity contribution in [3.05, 3.63) is 357 Å². The van der Waals surface area contributed by atoms with E-state index in [-0.39, 0.29) is 31.1 Å². The zero-order valence-corrected chi connectivity index (χ0v) is 72.1. The number of nitrogens with zero attached hydrogens (tertiary/aromatic N) is 4. The number of ether oxygens (including phenoxy) is 2. The van der Waals surface area contributed by atoms with Crippen molar-refractivity contribution >= 4 is 250 Å². The number of amides is 4. The number of benzene rings is 12. The predicted octanol–water partition coefficient (Wildman–Crippen LogP) is 24.4. The number of nitrogens with one attached hydrogen (secondary N) is 5. The molecule has 0 saturated heterocycles. The Bertz CT molecular complexity index is 5910. The molecule has 12 aromatic carbocycles. The molecule has 0 radical (unpaired) electrons. The number of nitrogens with two attached hydrogens (primary N) is 2. The van der Waals surface area contributed by atoms with Gasteiger partial charge in [-0.1, -0.05) is 229 Å². The maximum Gasteiger partial charge on any atom is 0.339 e. The summed E-state index contributed by atoms with van der Waals surface area (Å²) in [5.41, 5.74) is 29.2. The van der Waals surface area contributed by atoms with Gasteiger partial charge in [0.25, 0.3) is 23.6 Å². The molecule has 4 aliphatic heterocycles. The maximum absolute atomic E-state index is 12.3. The molecule has 0 saturated carbocycles. The minimum atomic E-state index is -0.417.